The van der Waals surface area contributed by atoms with E-state index in [1.165, 1.54) is 5.56 Å². The molecule has 0 aliphatic carbocycles. The van der Waals surface area contributed by atoms with Gasteiger partial charge in [-0.05, 0) is 55.7 Å². The van der Waals surface area contributed by atoms with Crippen molar-refractivity contribution in [3.05, 3.63) is 22.4 Å². The van der Waals surface area contributed by atoms with E-state index in [0.717, 1.165) is 19.3 Å². The third-order valence-corrected chi connectivity index (χ3v) is 4.72. The van der Waals surface area contributed by atoms with Gasteiger partial charge in [-0.25, -0.2) is 0 Å². The summed E-state index contributed by atoms with van der Waals surface area (Å²) in [4.78, 5) is 2.31. The largest absolute Gasteiger partial charge is 0.302 e. The number of nitrogens with zero attached hydrogens (tertiary/aromatic N) is 1. The lowest BCUT2D eigenvalue weighted by molar-refractivity contribution is 0.0883. The fourth-order valence-electron chi connectivity index (χ4n) is 2.74. The normalized spacial score (nSPS) is 14.2. The second-order valence-electron chi connectivity index (χ2n) is 4.76. The monoisotopic (exact) mass is 255 g/mol. The number of hydrogen-bond acceptors (Lipinski definition) is 4. The highest BCUT2D eigenvalue weighted by Crippen LogP contribution is 2.28. The topological polar surface area (TPSA) is 41.3 Å². The minimum absolute atomic E-state index is 0.122. The Bertz CT molecular complexity index is 304. The highest BCUT2D eigenvalue weighted by Gasteiger charge is 2.37. The van der Waals surface area contributed by atoms with Gasteiger partial charge in [0.2, 0.25) is 0 Å². The summed E-state index contributed by atoms with van der Waals surface area (Å²) in [6.45, 7) is 4.48. The lowest BCUT2D eigenvalue weighted by atomic mass is 9.81. The molecule has 0 radical (unpaired) electrons. The van der Waals surface area contributed by atoms with Crippen LogP contribution in [0, 0.1) is 0 Å². The number of thiophene rings is 1. The SMILES string of the molecule is CCC(CC)(C(Cc1ccsc1)NN)N(C)C. The molecular weight excluding hydrogens is 230 g/mol. The molecule has 17 heavy (non-hydrogen) atoms. The van der Waals surface area contributed by atoms with E-state index in [-0.39, 0.29) is 11.6 Å². The first-order chi connectivity index (χ1) is 8.10. The van der Waals surface area contributed by atoms with E-state index in [4.69, 9.17) is 5.84 Å². The van der Waals surface area contributed by atoms with Crippen LogP contribution in [0.3, 0.4) is 0 Å². The van der Waals surface area contributed by atoms with Gasteiger partial charge in [-0.3, -0.25) is 11.3 Å². The van der Waals surface area contributed by atoms with E-state index in [2.05, 4.69) is 55.1 Å². The fourth-order valence-corrected chi connectivity index (χ4v) is 3.42. The zero-order valence-corrected chi connectivity index (χ0v) is 12.2. The van der Waals surface area contributed by atoms with Crippen molar-refractivity contribution in [2.75, 3.05) is 14.1 Å². The van der Waals surface area contributed by atoms with Gasteiger partial charge in [-0.2, -0.15) is 11.3 Å². The first-order valence-electron chi connectivity index (χ1n) is 6.25. The van der Waals surface area contributed by atoms with Gasteiger partial charge in [0.25, 0.3) is 0 Å². The Hall–Kier alpha value is -0.420. The summed E-state index contributed by atoms with van der Waals surface area (Å²) in [6, 6.07) is 2.46. The average Bonchev–Trinajstić information content (AvgIpc) is 2.82. The number of nitrogens with two attached hydrogens (primary N) is 1. The van der Waals surface area contributed by atoms with Crippen molar-refractivity contribution in [1.29, 1.82) is 0 Å². The van der Waals surface area contributed by atoms with Gasteiger partial charge in [-0.15, -0.1) is 0 Å². The van der Waals surface area contributed by atoms with Crippen LogP contribution in [-0.2, 0) is 6.42 Å². The molecule has 1 heterocycles. The van der Waals surface area contributed by atoms with Crippen LogP contribution in [-0.4, -0.2) is 30.6 Å². The van der Waals surface area contributed by atoms with Gasteiger partial charge < -0.3 is 4.90 Å². The molecule has 1 unspecified atom stereocenters. The third-order valence-electron chi connectivity index (χ3n) is 3.98. The Labute approximate surface area is 109 Å². The van der Waals surface area contributed by atoms with Gasteiger partial charge >= 0.3 is 0 Å². The van der Waals surface area contributed by atoms with E-state index < -0.39 is 0 Å². The van der Waals surface area contributed by atoms with Crippen LogP contribution in [0.5, 0.6) is 0 Å². The number of rotatable bonds is 7. The molecule has 1 atom stereocenters. The molecule has 1 aromatic rings. The van der Waals surface area contributed by atoms with E-state index in [0.29, 0.717) is 0 Å². The molecule has 1 aromatic heterocycles. The van der Waals surface area contributed by atoms with Crippen molar-refractivity contribution in [3.63, 3.8) is 0 Å². The highest BCUT2D eigenvalue weighted by atomic mass is 32.1. The second-order valence-corrected chi connectivity index (χ2v) is 5.54. The van der Waals surface area contributed by atoms with Gasteiger partial charge in [-0.1, -0.05) is 13.8 Å². The molecule has 4 heteroatoms. The molecule has 3 nitrogen and oxygen atoms in total. The molecule has 0 amide bonds. The van der Waals surface area contributed by atoms with Crippen LogP contribution in [0.15, 0.2) is 16.8 Å². The molecule has 0 bridgehead atoms. The summed E-state index contributed by atoms with van der Waals surface area (Å²) in [7, 11) is 4.29. The average molecular weight is 255 g/mol. The maximum atomic E-state index is 5.79. The molecule has 98 valence electrons. The van der Waals surface area contributed by atoms with Crippen LogP contribution in [0.1, 0.15) is 32.3 Å². The molecule has 0 fully saturated rings. The second kappa shape index (κ2) is 6.50. The van der Waals surface area contributed by atoms with Crippen molar-refractivity contribution >= 4 is 11.3 Å². The first kappa shape index (κ1) is 14.6. The lowest BCUT2D eigenvalue weighted by Gasteiger charge is -2.45. The van der Waals surface area contributed by atoms with Gasteiger partial charge in [0.15, 0.2) is 0 Å². The van der Waals surface area contributed by atoms with Crippen LogP contribution in [0.25, 0.3) is 0 Å². The zero-order valence-electron chi connectivity index (χ0n) is 11.4. The van der Waals surface area contributed by atoms with Crippen molar-refractivity contribution in [2.24, 2.45) is 5.84 Å². The summed E-state index contributed by atoms with van der Waals surface area (Å²) in [5.74, 6) is 5.79. The van der Waals surface area contributed by atoms with Crippen LogP contribution in [0.4, 0.5) is 0 Å². The van der Waals surface area contributed by atoms with E-state index in [9.17, 15) is 0 Å². The minimum atomic E-state index is 0.122. The molecular formula is C13H25N3S. The first-order valence-corrected chi connectivity index (χ1v) is 7.19. The Balaban J connectivity index is 2.89. The minimum Gasteiger partial charge on any atom is -0.302 e. The van der Waals surface area contributed by atoms with Gasteiger partial charge in [0.05, 0.1) is 0 Å². The smallest absolute Gasteiger partial charge is 0.0434 e. The molecule has 0 spiro atoms. The molecule has 3 N–H and O–H groups in total. The number of likely N-dealkylation sites (N-methyl/N-ethyl adjacent to an activating group) is 1. The Morgan fingerprint density at radius 3 is 2.41 bits per heavy atom. The van der Waals surface area contributed by atoms with Crippen LogP contribution >= 0.6 is 11.3 Å². The van der Waals surface area contributed by atoms with Crippen molar-refractivity contribution in [3.8, 4) is 0 Å². The summed E-state index contributed by atoms with van der Waals surface area (Å²) >= 11 is 1.74. The molecule has 0 aliphatic heterocycles. The maximum Gasteiger partial charge on any atom is 0.0434 e. The third kappa shape index (κ3) is 3.07. The molecule has 0 aliphatic rings. The van der Waals surface area contributed by atoms with Gasteiger partial charge in [0.1, 0.15) is 0 Å². The number of nitrogens with one attached hydrogen (secondary N) is 1. The molecule has 0 aromatic carbocycles. The van der Waals surface area contributed by atoms with E-state index in [1.54, 1.807) is 11.3 Å². The van der Waals surface area contributed by atoms with Crippen molar-refractivity contribution < 1.29 is 0 Å². The standard InChI is InChI=1S/C13H25N3S/c1-5-13(6-2,16(3)4)12(15-14)9-11-7-8-17-10-11/h7-8,10,12,15H,5-6,9,14H2,1-4H3. The summed E-state index contributed by atoms with van der Waals surface area (Å²) in [5, 5.41) is 4.33. The van der Waals surface area contributed by atoms with Crippen molar-refractivity contribution in [1.82, 2.24) is 10.3 Å². The summed E-state index contributed by atoms with van der Waals surface area (Å²) < 4.78 is 0. The fraction of sp³-hybridized carbons (Fsp3) is 0.692. The number of hydrogen-bond donors (Lipinski definition) is 2. The van der Waals surface area contributed by atoms with Crippen LogP contribution in [0.2, 0.25) is 0 Å². The summed E-state index contributed by atoms with van der Waals surface area (Å²) in [5.41, 5.74) is 4.52. The molecule has 0 saturated carbocycles. The lowest BCUT2D eigenvalue weighted by Crippen LogP contribution is -2.61. The maximum absolute atomic E-state index is 5.79. The zero-order chi connectivity index (χ0) is 12.9. The molecule has 1 rings (SSSR count). The molecule has 0 saturated heterocycles. The quantitative estimate of drug-likeness (QED) is 0.580. The predicted molar refractivity (Wildman–Crippen MR) is 76.1 cm³/mol. The Morgan fingerprint density at radius 2 is 2.06 bits per heavy atom. The highest BCUT2D eigenvalue weighted by molar-refractivity contribution is 7.07. The Morgan fingerprint density at radius 1 is 1.41 bits per heavy atom. The van der Waals surface area contributed by atoms with E-state index in [1.807, 2.05) is 0 Å². The number of hydrazine groups is 1. The van der Waals surface area contributed by atoms with E-state index >= 15 is 0 Å². The van der Waals surface area contributed by atoms with Gasteiger partial charge in [0, 0.05) is 11.6 Å². The Kier molecular flexibility index (Phi) is 5.59. The van der Waals surface area contributed by atoms with Crippen LogP contribution < -0.4 is 11.3 Å². The van der Waals surface area contributed by atoms with Crippen molar-refractivity contribution in [2.45, 2.75) is 44.7 Å². The predicted octanol–water partition coefficient (Wildman–Crippen LogP) is 2.24. The summed E-state index contributed by atoms with van der Waals surface area (Å²) in [6.07, 6.45) is 3.17.